The summed E-state index contributed by atoms with van der Waals surface area (Å²) >= 11 is 0. The number of methoxy groups -OCH3 is 1. The van der Waals surface area contributed by atoms with Gasteiger partial charge in [0.25, 0.3) is 0 Å². The van der Waals surface area contributed by atoms with Gasteiger partial charge in [-0.25, -0.2) is 0 Å². The number of hydrogen-bond acceptors (Lipinski definition) is 1. The first-order valence-corrected chi connectivity index (χ1v) is 2.81. The number of allylic oxidation sites excluding steroid dienone is 1. The van der Waals surface area contributed by atoms with Crippen molar-refractivity contribution in [1.82, 2.24) is 0 Å². The molecule has 0 N–H and O–H groups in total. The van der Waals surface area contributed by atoms with Crippen LogP contribution in [0, 0.1) is 0 Å². The van der Waals surface area contributed by atoms with Crippen molar-refractivity contribution in [1.29, 1.82) is 0 Å². The molecule has 0 radical (unpaired) electrons. The summed E-state index contributed by atoms with van der Waals surface area (Å²) in [6.07, 6.45) is 4.01. The highest BCUT2D eigenvalue weighted by molar-refractivity contribution is 4.94. The molecule has 0 heterocycles. The van der Waals surface area contributed by atoms with E-state index in [4.69, 9.17) is 4.74 Å². The zero-order valence-corrected chi connectivity index (χ0v) is 6.06. The van der Waals surface area contributed by atoms with Crippen LogP contribution < -0.4 is 0 Å². The average Bonchev–Trinajstić information content (AvgIpc) is 1.67. The number of ether oxygens (including phenoxy) is 1. The van der Waals surface area contributed by atoms with Gasteiger partial charge < -0.3 is 4.74 Å². The smallest absolute Gasteiger partial charge is 0.0802 e. The molecule has 0 aromatic heterocycles. The second-order valence-corrected chi connectivity index (χ2v) is 2.31. The van der Waals surface area contributed by atoms with Crippen molar-refractivity contribution < 1.29 is 4.74 Å². The molecule has 48 valence electrons. The van der Waals surface area contributed by atoms with Crippen molar-refractivity contribution in [2.45, 2.75) is 26.4 Å². The van der Waals surface area contributed by atoms with Gasteiger partial charge in [0, 0.05) is 7.11 Å². The zero-order valence-electron chi connectivity index (χ0n) is 6.06. The Balaban J connectivity index is 3.71. The van der Waals surface area contributed by atoms with Crippen LogP contribution >= 0.6 is 0 Å². The Hall–Kier alpha value is -0.300. The van der Waals surface area contributed by atoms with Gasteiger partial charge in [-0.3, -0.25) is 0 Å². The van der Waals surface area contributed by atoms with Crippen molar-refractivity contribution in [3.63, 3.8) is 0 Å². The predicted molar refractivity (Wildman–Crippen MR) is 35.9 cm³/mol. The fourth-order valence-corrected chi connectivity index (χ4v) is 0.469. The Morgan fingerprint density at radius 2 is 1.88 bits per heavy atom. The molecule has 0 atom stereocenters. The molecule has 1 nitrogen and oxygen atoms in total. The Kier molecular flexibility index (Phi) is 2.77. The summed E-state index contributed by atoms with van der Waals surface area (Å²) in [6, 6.07) is 0. The monoisotopic (exact) mass is 114 g/mol. The van der Waals surface area contributed by atoms with E-state index >= 15 is 0 Å². The Morgan fingerprint density at radius 1 is 1.38 bits per heavy atom. The first-order chi connectivity index (χ1) is 3.62. The fraction of sp³-hybridized carbons (Fsp3) is 0.714. The van der Waals surface area contributed by atoms with E-state index < -0.39 is 0 Å². The van der Waals surface area contributed by atoms with E-state index in [2.05, 4.69) is 0 Å². The normalized spacial score (nSPS) is 13.0. The summed E-state index contributed by atoms with van der Waals surface area (Å²) < 4.78 is 5.09. The first-order valence-electron chi connectivity index (χ1n) is 2.81. The molecule has 0 aliphatic carbocycles. The van der Waals surface area contributed by atoms with Crippen LogP contribution in [0.3, 0.4) is 0 Å². The average molecular weight is 114 g/mol. The van der Waals surface area contributed by atoms with Gasteiger partial charge in [0.05, 0.1) is 5.60 Å². The minimum absolute atomic E-state index is 0.0885. The highest BCUT2D eigenvalue weighted by Gasteiger charge is 2.08. The van der Waals surface area contributed by atoms with Gasteiger partial charge in [-0.1, -0.05) is 12.2 Å². The van der Waals surface area contributed by atoms with Gasteiger partial charge in [0.2, 0.25) is 0 Å². The second-order valence-electron chi connectivity index (χ2n) is 2.31. The highest BCUT2D eigenvalue weighted by atomic mass is 16.5. The molecule has 0 spiro atoms. The molecule has 0 saturated carbocycles. The number of hydrogen-bond donors (Lipinski definition) is 0. The van der Waals surface area contributed by atoms with Crippen LogP contribution in [0.15, 0.2) is 12.2 Å². The molecular formula is C7H14O. The van der Waals surface area contributed by atoms with Crippen LogP contribution in [0.5, 0.6) is 0 Å². The van der Waals surface area contributed by atoms with Gasteiger partial charge >= 0.3 is 0 Å². The summed E-state index contributed by atoms with van der Waals surface area (Å²) in [4.78, 5) is 0. The molecule has 0 aromatic rings. The number of rotatable bonds is 2. The van der Waals surface area contributed by atoms with E-state index in [1.165, 1.54) is 0 Å². The maximum atomic E-state index is 5.09. The van der Waals surface area contributed by atoms with Gasteiger partial charge in [-0.05, 0) is 20.8 Å². The lowest BCUT2D eigenvalue weighted by Gasteiger charge is -2.16. The molecule has 1 heteroatoms. The molecule has 0 fully saturated rings. The molecule has 0 aliphatic heterocycles. The van der Waals surface area contributed by atoms with Crippen LogP contribution in [-0.2, 0) is 4.74 Å². The van der Waals surface area contributed by atoms with Gasteiger partial charge in [0.15, 0.2) is 0 Å². The highest BCUT2D eigenvalue weighted by Crippen LogP contribution is 2.07. The summed E-state index contributed by atoms with van der Waals surface area (Å²) in [7, 11) is 1.71. The maximum Gasteiger partial charge on any atom is 0.0802 e. The molecule has 0 saturated heterocycles. The lowest BCUT2D eigenvalue weighted by atomic mass is 10.1. The largest absolute Gasteiger partial charge is 0.375 e. The van der Waals surface area contributed by atoms with Gasteiger partial charge in [-0.2, -0.15) is 0 Å². The van der Waals surface area contributed by atoms with Crippen molar-refractivity contribution in [3.05, 3.63) is 12.2 Å². The van der Waals surface area contributed by atoms with E-state index in [-0.39, 0.29) is 5.60 Å². The van der Waals surface area contributed by atoms with E-state index in [9.17, 15) is 0 Å². The van der Waals surface area contributed by atoms with Crippen molar-refractivity contribution >= 4 is 0 Å². The topological polar surface area (TPSA) is 9.23 Å². The second kappa shape index (κ2) is 2.88. The first kappa shape index (κ1) is 7.70. The SMILES string of the molecule is C/C=C\C(C)(C)OC. The molecule has 0 bridgehead atoms. The van der Waals surface area contributed by atoms with Gasteiger partial charge in [-0.15, -0.1) is 0 Å². The predicted octanol–water partition coefficient (Wildman–Crippen LogP) is 1.99. The van der Waals surface area contributed by atoms with Crippen molar-refractivity contribution in [3.8, 4) is 0 Å². The summed E-state index contributed by atoms with van der Waals surface area (Å²) in [5, 5.41) is 0. The molecule has 0 rings (SSSR count). The lowest BCUT2D eigenvalue weighted by molar-refractivity contribution is 0.0655. The van der Waals surface area contributed by atoms with Crippen molar-refractivity contribution in [2.24, 2.45) is 0 Å². The Morgan fingerprint density at radius 3 is 2.00 bits per heavy atom. The van der Waals surface area contributed by atoms with Crippen LogP contribution in [0.25, 0.3) is 0 Å². The lowest BCUT2D eigenvalue weighted by Crippen LogP contribution is -2.17. The minimum Gasteiger partial charge on any atom is -0.375 e. The van der Waals surface area contributed by atoms with Crippen molar-refractivity contribution in [2.75, 3.05) is 7.11 Å². The molecule has 8 heavy (non-hydrogen) atoms. The van der Waals surface area contributed by atoms with Crippen LogP contribution in [0.2, 0.25) is 0 Å². The van der Waals surface area contributed by atoms with E-state index in [0.29, 0.717) is 0 Å². The van der Waals surface area contributed by atoms with E-state index in [1.54, 1.807) is 7.11 Å². The van der Waals surface area contributed by atoms with E-state index in [1.807, 2.05) is 32.9 Å². The minimum atomic E-state index is -0.0885. The standard InChI is InChI=1S/C7H14O/c1-5-6-7(2,3)8-4/h5-6H,1-4H3/b6-5-. The van der Waals surface area contributed by atoms with E-state index in [0.717, 1.165) is 0 Å². The summed E-state index contributed by atoms with van der Waals surface area (Å²) in [5.74, 6) is 0. The van der Waals surface area contributed by atoms with Gasteiger partial charge in [0.1, 0.15) is 0 Å². The Labute approximate surface area is 51.4 Å². The van der Waals surface area contributed by atoms with Crippen LogP contribution in [0.1, 0.15) is 20.8 Å². The fourth-order valence-electron chi connectivity index (χ4n) is 0.469. The summed E-state index contributed by atoms with van der Waals surface area (Å²) in [6.45, 7) is 6.03. The Bertz CT molecular complexity index is 82.4. The zero-order chi connectivity index (χ0) is 6.62. The molecular weight excluding hydrogens is 100 g/mol. The van der Waals surface area contributed by atoms with Crippen LogP contribution in [-0.4, -0.2) is 12.7 Å². The summed E-state index contributed by atoms with van der Waals surface area (Å²) in [5.41, 5.74) is -0.0885. The quantitative estimate of drug-likeness (QED) is 0.499. The van der Waals surface area contributed by atoms with Crippen LogP contribution in [0.4, 0.5) is 0 Å². The molecule has 0 aliphatic rings. The maximum absolute atomic E-state index is 5.09. The third kappa shape index (κ3) is 2.80. The molecule has 0 amide bonds. The third-order valence-corrected chi connectivity index (χ3v) is 1.09. The molecule has 0 unspecified atom stereocenters. The molecule has 0 aromatic carbocycles. The third-order valence-electron chi connectivity index (χ3n) is 1.09.